The fraction of sp³-hybridized carbons (Fsp3) is 0.404. The van der Waals surface area contributed by atoms with Crippen molar-refractivity contribution < 1.29 is 28.7 Å². The molecule has 2 saturated heterocycles. The molecule has 1 N–H and O–H groups in total. The van der Waals surface area contributed by atoms with E-state index in [1.807, 2.05) is 102 Å². The topological polar surface area (TPSA) is 126 Å². The number of thiazole rings is 1. The van der Waals surface area contributed by atoms with Gasteiger partial charge in [-0.05, 0) is 129 Å². The summed E-state index contributed by atoms with van der Waals surface area (Å²) in [6, 6.07) is 19.9. The minimum Gasteiger partial charge on any atom is -0.481 e. The van der Waals surface area contributed by atoms with Gasteiger partial charge in [0.2, 0.25) is 11.8 Å². The zero-order valence-electron chi connectivity index (χ0n) is 38.8. The normalized spacial score (nSPS) is 17.0. The Balaban J connectivity index is 0.922. The minimum absolute atomic E-state index is 0.0543. The molecule has 12 nitrogen and oxygen atoms in total. The Morgan fingerprint density at radius 2 is 1.70 bits per heavy atom. The molecule has 0 bridgehead atoms. The van der Waals surface area contributed by atoms with Crippen LogP contribution in [0.4, 0.5) is 17.1 Å². The maximum Gasteiger partial charge on any atom is 0.259 e. The Morgan fingerprint density at radius 3 is 2.33 bits per heavy atom. The number of ketones is 1. The van der Waals surface area contributed by atoms with Crippen molar-refractivity contribution >= 4 is 69.2 Å². The number of nitrogens with zero attached hydrogens (tertiary/aromatic N) is 5. The number of anilines is 2. The molecule has 1 unspecified atom stereocenters. The Hall–Kier alpha value is -6.37. The molecule has 3 heterocycles. The molecule has 1 aromatic heterocycles. The number of aryl methyl sites for hydroxylation is 2. The minimum atomic E-state index is -0.942. The fourth-order valence-corrected chi connectivity index (χ4v) is 9.47. The van der Waals surface area contributed by atoms with Gasteiger partial charge in [0.05, 0.1) is 29.3 Å². The summed E-state index contributed by atoms with van der Waals surface area (Å²) < 4.78 is 11.4. The van der Waals surface area contributed by atoms with E-state index < -0.39 is 22.9 Å². The third-order valence-electron chi connectivity index (χ3n) is 11.9. The van der Waals surface area contributed by atoms with Crippen LogP contribution in [0.5, 0.6) is 5.75 Å². The van der Waals surface area contributed by atoms with Gasteiger partial charge in [0.1, 0.15) is 36.3 Å². The number of thiocarbonyl (C=S) groups is 1. The van der Waals surface area contributed by atoms with Gasteiger partial charge < -0.3 is 24.6 Å². The van der Waals surface area contributed by atoms with Crippen molar-refractivity contribution in [2.45, 2.75) is 92.8 Å². The average molecular weight is 925 g/mol. The predicted molar refractivity (Wildman–Crippen MR) is 263 cm³/mol. The highest BCUT2D eigenvalue weighted by molar-refractivity contribution is 7.81. The number of amides is 3. The number of hydrogen-bond acceptors (Lipinski definition) is 9. The molecule has 0 spiro atoms. The lowest BCUT2D eigenvalue weighted by Gasteiger charge is -2.35. The quantitative estimate of drug-likeness (QED) is 0.0539. The van der Waals surface area contributed by atoms with E-state index in [4.69, 9.17) is 28.3 Å². The summed E-state index contributed by atoms with van der Waals surface area (Å²) in [4.78, 5) is 68.4. The lowest BCUT2D eigenvalue weighted by molar-refractivity contribution is -0.146. The van der Waals surface area contributed by atoms with Crippen molar-refractivity contribution in [1.29, 1.82) is 0 Å². The van der Waals surface area contributed by atoms with Gasteiger partial charge in [-0.15, -0.1) is 11.3 Å². The molecule has 0 radical (unpaired) electrons. The van der Waals surface area contributed by atoms with Crippen molar-refractivity contribution in [1.82, 2.24) is 15.2 Å². The maximum atomic E-state index is 14.1. The first-order valence-electron chi connectivity index (χ1n) is 21.9. The van der Waals surface area contributed by atoms with E-state index in [0.29, 0.717) is 41.7 Å². The van der Waals surface area contributed by atoms with Crippen molar-refractivity contribution in [3.8, 4) is 39.9 Å². The highest BCUT2D eigenvalue weighted by Gasteiger charge is 2.50. The van der Waals surface area contributed by atoms with E-state index in [1.54, 1.807) is 46.6 Å². The number of nitrogens with one attached hydrogen (secondary N) is 1. The van der Waals surface area contributed by atoms with Crippen LogP contribution in [0.25, 0.3) is 15.3 Å². The monoisotopic (exact) mass is 924 g/mol. The lowest BCUT2D eigenvalue weighted by atomic mass is 9.76. The molecule has 3 atom stereocenters. The number of carbonyl (C=O) groups is 4. The summed E-state index contributed by atoms with van der Waals surface area (Å²) >= 11 is 7.39. The van der Waals surface area contributed by atoms with Gasteiger partial charge in [-0.25, -0.2) is 9.83 Å². The largest absolute Gasteiger partial charge is 0.481 e. The summed E-state index contributed by atoms with van der Waals surface area (Å²) in [5, 5.41) is 3.39. The summed E-state index contributed by atoms with van der Waals surface area (Å²) in [7, 11) is 0. The van der Waals surface area contributed by atoms with Gasteiger partial charge in [0.15, 0.2) is 10.8 Å². The van der Waals surface area contributed by atoms with Crippen LogP contribution in [0.2, 0.25) is 0 Å². The number of ether oxygens (including phenoxy) is 2. The molecular formula is C52H56N6O6S2. The predicted octanol–water partition coefficient (Wildman–Crippen LogP) is 8.86. The summed E-state index contributed by atoms with van der Waals surface area (Å²) in [6.07, 6.45) is 0.752. The third-order valence-corrected chi connectivity index (χ3v) is 13.2. The van der Waals surface area contributed by atoms with E-state index >= 15 is 0 Å². The molecular weight excluding hydrogens is 869 g/mol. The van der Waals surface area contributed by atoms with Crippen LogP contribution >= 0.6 is 23.6 Å². The van der Waals surface area contributed by atoms with Crippen LogP contribution in [0, 0.1) is 61.4 Å². The molecule has 3 aromatic carbocycles. The SMILES string of the molecule is [C-]#[N+]c1ccc(N2C(=O)C(C)(C)N(c3ccc(OCC#CC#CCOCCC(=O)C[C@H](C(=O)N4C[C@H](C)CC4C(=O)NCc4ccc(-c5scnc5C)cc4)C(C)(C)C)cc3)C2=S)cc1C. The Labute approximate surface area is 397 Å². The number of hydrogen-bond donors (Lipinski definition) is 1. The van der Waals surface area contributed by atoms with Crippen LogP contribution < -0.4 is 19.9 Å². The van der Waals surface area contributed by atoms with Gasteiger partial charge in [-0.2, -0.15) is 0 Å². The lowest BCUT2D eigenvalue weighted by Crippen LogP contribution is -2.50. The molecule has 3 amide bonds. The van der Waals surface area contributed by atoms with Crippen molar-refractivity contribution in [2.75, 3.05) is 36.2 Å². The molecule has 0 saturated carbocycles. The molecule has 2 aliphatic rings. The van der Waals surface area contributed by atoms with E-state index in [1.165, 1.54) is 4.90 Å². The van der Waals surface area contributed by atoms with Crippen LogP contribution in [-0.2, 0) is 30.5 Å². The standard InChI is InChI=1S/C52H56N6O6S2/c1-34-28-45(47(60)54-31-37-14-16-38(17-15-37)46-36(3)55-33-66-46)56(32-34)48(61)43(51(4,5)6)30-41(59)24-27-63-25-12-10-11-13-26-64-42-21-18-39(19-22-42)58-50(65)57(49(62)52(58,7)8)40-20-23-44(53-9)35(2)29-40/h14-23,29,33-34,43,45H,24-28,30-32H2,1-8H3,(H,54,60)/t34-,43-,45?/m1/s1. The van der Waals surface area contributed by atoms with Crippen molar-refractivity contribution in [3.05, 3.63) is 100 Å². The van der Waals surface area contributed by atoms with Crippen molar-refractivity contribution in [2.24, 2.45) is 17.3 Å². The number of benzene rings is 3. The molecule has 2 fully saturated rings. The van der Waals surface area contributed by atoms with Crippen LogP contribution in [0.3, 0.4) is 0 Å². The number of aromatic nitrogens is 1. The fourth-order valence-electron chi connectivity index (χ4n) is 8.13. The van der Waals surface area contributed by atoms with E-state index in [9.17, 15) is 19.2 Å². The molecule has 14 heteroatoms. The van der Waals surface area contributed by atoms with Crippen LogP contribution in [-0.4, -0.2) is 76.4 Å². The Bertz CT molecular complexity index is 2640. The molecule has 0 aliphatic carbocycles. The number of Topliss-reactive ketones (excluding diaryl/α,β-unsaturated/α-hetero) is 1. The second kappa shape index (κ2) is 21.3. The summed E-state index contributed by atoms with van der Waals surface area (Å²) in [5.74, 6) is 10.7. The molecule has 2 aliphatic heterocycles. The number of carbonyl (C=O) groups excluding carboxylic acids is 4. The van der Waals surface area contributed by atoms with E-state index in [0.717, 1.165) is 32.9 Å². The van der Waals surface area contributed by atoms with Gasteiger partial charge in [0.25, 0.3) is 5.91 Å². The Kier molecular flexibility index (Phi) is 15.8. The average Bonchev–Trinajstić information content (AvgIpc) is 3.94. The van der Waals surface area contributed by atoms with Crippen LogP contribution in [0.1, 0.15) is 77.6 Å². The highest BCUT2D eigenvalue weighted by Crippen LogP contribution is 2.39. The first-order valence-corrected chi connectivity index (χ1v) is 23.2. The zero-order valence-corrected chi connectivity index (χ0v) is 40.5. The second-order valence-electron chi connectivity index (χ2n) is 18.3. The zero-order chi connectivity index (χ0) is 47.8. The van der Waals surface area contributed by atoms with Gasteiger partial charge in [-0.3, -0.25) is 24.1 Å². The maximum absolute atomic E-state index is 14.1. The van der Waals surface area contributed by atoms with Gasteiger partial charge >= 0.3 is 0 Å². The van der Waals surface area contributed by atoms with E-state index in [2.05, 4.69) is 38.8 Å². The van der Waals surface area contributed by atoms with Crippen molar-refractivity contribution in [3.63, 3.8) is 0 Å². The summed E-state index contributed by atoms with van der Waals surface area (Å²) in [6.45, 7) is 23.9. The highest BCUT2D eigenvalue weighted by atomic mass is 32.1. The molecule has 66 heavy (non-hydrogen) atoms. The molecule has 4 aromatic rings. The van der Waals surface area contributed by atoms with Gasteiger partial charge in [0, 0.05) is 43.2 Å². The molecule has 6 rings (SSSR count). The second-order valence-corrected chi connectivity index (χ2v) is 19.5. The first-order chi connectivity index (χ1) is 31.4. The van der Waals surface area contributed by atoms with E-state index in [-0.39, 0.29) is 62.1 Å². The number of likely N-dealkylation sites (tertiary alicyclic amines) is 1. The first kappa shape index (κ1) is 49.1. The smallest absolute Gasteiger partial charge is 0.259 e. The summed E-state index contributed by atoms with van der Waals surface area (Å²) in [5.41, 5.74) is 6.06. The number of rotatable bonds is 15. The molecule has 342 valence electrons. The third kappa shape index (κ3) is 11.5. The Morgan fingerprint density at radius 1 is 1.02 bits per heavy atom. The van der Waals surface area contributed by atoms with Gasteiger partial charge in [-0.1, -0.05) is 63.9 Å². The van der Waals surface area contributed by atoms with Crippen LogP contribution in [0.15, 0.2) is 72.2 Å².